The lowest BCUT2D eigenvalue weighted by Gasteiger charge is -2.37. The summed E-state index contributed by atoms with van der Waals surface area (Å²) in [5.41, 5.74) is 2.20. The van der Waals surface area contributed by atoms with Crippen LogP contribution in [-0.4, -0.2) is 37.1 Å². The Morgan fingerprint density at radius 3 is 2.58 bits per heavy atom. The van der Waals surface area contributed by atoms with Crippen molar-refractivity contribution in [3.63, 3.8) is 0 Å². The zero-order valence-corrected chi connectivity index (χ0v) is 18.6. The van der Waals surface area contributed by atoms with Crippen molar-refractivity contribution in [3.05, 3.63) is 82.6 Å². The van der Waals surface area contributed by atoms with Gasteiger partial charge in [0.15, 0.2) is 5.76 Å². The number of hydrogen-bond acceptors (Lipinski definition) is 4. The van der Waals surface area contributed by atoms with Crippen LogP contribution in [0.15, 0.2) is 66.4 Å². The number of nitrogens with one attached hydrogen (secondary N) is 1. The predicted molar refractivity (Wildman–Crippen MR) is 122 cm³/mol. The van der Waals surface area contributed by atoms with Gasteiger partial charge in [-0.2, -0.15) is 0 Å². The minimum Gasteiger partial charge on any atom is -0.459 e. The first-order valence-electron chi connectivity index (χ1n) is 10.8. The van der Waals surface area contributed by atoms with Gasteiger partial charge in [-0.05, 0) is 55.5 Å². The summed E-state index contributed by atoms with van der Waals surface area (Å²) >= 11 is 6.07. The molecule has 1 aliphatic rings. The normalized spacial score (nSPS) is 20.6. The van der Waals surface area contributed by atoms with Gasteiger partial charge in [0.05, 0.1) is 0 Å². The highest BCUT2D eigenvalue weighted by atomic mass is 35.5. The number of benzene rings is 2. The van der Waals surface area contributed by atoms with Gasteiger partial charge in [-0.25, -0.2) is 0 Å². The first-order chi connectivity index (χ1) is 15.1. The van der Waals surface area contributed by atoms with Gasteiger partial charge >= 0.3 is 0 Å². The molecule has 31 heavy (non-hydrogen) atoms. The average Bonchev–Trinajstić information content (AvgIpc) is 2.79. The molecule has 3 rings (SSSR count). The van der Waals surface area contributed by atoms with Crippen LogP contribution in [0.3, 0.4) is 0 Å². The van der Waals surface area contributed by atoms with Crippen LogP contribution < -0.4 is 5.32 Å². The molecule has 1 amide bonds. The molecule has 1 heterocycles. The van der Waals surface area contributed by atoms with Crippen LogP contribution in [0.25, 0.3) is 0 Å². The van der Waals surface area contributed by atoms with E-state index in [9.17, 15) is 9.90 Å². The fourth-order valence-corrected chi connectivity index (χ4v) is 4.01. The van der Waals surface area contributed by atoms with Crippen molar-refractivity contribution in [1.29, 1.82) is 0 Å². The lowest BCUT2D eigenvalue weighted by Crippen LogP contribution is -2.39. The summed E-state index contributed by atoms with van der Waals surface area (Å²) in [6.45, 7) is 2.99. The van der Waals surface area contributed by atoms with E-state index in [1.54, 1.807) is 0 Å². The molecule has 0 bridgehead atoms. The molecule has 2 aromatic rings. The Bertz CT molecular complexity index is 854. The Hall–Kier alpha value is -2.34. The molecule has 0 aliphatic carbocycles. The van der Waals surface area contributed by atoms with Crippen LogP contribution in [0, 0.1) is 5.92 Å². The molecule has 0 unspecified atom stereocenters. The number of halogens is 1. The molecule has 2 aromatic carbocycles. The lowest BCUT2D eigenvalue weighted by atomic mass is 9.80. The van der Waals surface area contributed by atoms with Gasteiger partial charge in [0.25, 0.3) is 5.91 Å². The monoisotopic (exact) mass is 443 g/mol. The minimum absolute atomic E-state index is 0.0193. The van der Waals surface area contributed by atoms with E-state index >= 15 is 0 Å². The lowest BCUT2D eigenvalue weighted by molar-refractivity contribution is -0.166. The summed E-state index contributed by atoms with van der Waals surface area (Å²) in [6.07, 6.45) is 3.41. The average molecular weight is 444 g/mol. The summed E-state index contributed by atoms with van der Waals surface area (Å²) in [7, 11) is 0. The molecule has 166 valence electrons. The molecule has 0 fully saturated rings. The highest BCUT2D eigenvalue weighted by Crippen LogP contribution is 2.39. The molecule has 1 aliphatic heterocycles. The highest BCUT2D eigenvalue weighted by molar-refractivity contribution is 6.30. The SMILES string of the molecule is CCO[C@H]1OC(C(=O)NCCc2ccccc2)=C[C@@H](c2ccc(Cl)cc2)[C@@H]1CCCO. The summed E-state index contributed by atoms with van der Waals surface area (Å²) in [4.78, 5) is 12.9. The summed E-state index contributed by atoms with van der Waals surface area (Å²) in [6, 6.07) is 17.6. The van der Waals surface area contributed by atoms with E-state index in [-0.39, 0.29) is 30.1 Å². The molecule has 0 spiro atoms. The molecule has 6 heteroatoms. The quantitative estimate of drug-likeness (QED) is 0.569. The molecule has 5 nitrogen and oxygen atoms in total. The summed E-state index contributed by atoms with van der Waals surface area (Å²) < 4.78 is 11.9. The van der Waals surface area contributed by atoms with Crippen molar-refractivity contribution in [3.8, 4) is 0 Å². The summed E-state index contributed by atoms with van der Waals surface area (Å²) in [5, 5.41) is 13.0. The molecular weight excluding hydrogens is 414 g/mol. The standard InChI is InChI=1S/C25H30ClNO4/c1-2-30-25-21(9-6-16-28)22(19-10-12-20(26)13-11-19)17-23(31-25)24(29)27-15-14-18-7-4-3-5-8-18/h3-5,7-8,10-13,17,21-22,25,28H,2,6,9,14-16H2,1H3,(H,27,29)/t21-,22-,25-/m0/s1. The number of aliphatic hydroxyl groups excluding tert-OH is 1. The van der Waals surface area contributed by atoms with Crippen LogP contribution in [0.2, 0.25) is 5.02 Å². The van der Waals surface area contributed by atoms with Crippen LogP contribution in [0.1, 0.15) is 36.8 Å². The van der Waals surface area contributed by atoms with Crippen molar-refractivity contribution in [1.82, 2.24) is 5.32 Å². The molecule has 3 atom stereocenters. The number of amides is 1. The fraction of sp³-hybridized carbons (Fsp3) is 0.400. The van der Waals surface area contributed by atoms with Crippen LogP contribution in [-0.2, 0) is 20.7 Å². The third-order valence-electron chi connectivity index (χ3n) is 5.43. The largest absolute Gasteiger partial charge is 0.459 e. The smallest absolute Gasteiger partial charge is 0.286 e. The highest BCUT2D eigenvalue weighted by Gasteiger charge is 2.37. The predicted octanol–water partition coefficient (Wildman–Crippen LogP) is 4.45. The third-order valence-corrected chi connectivity index (χ3v) is 5.68. The topological polar surface area (TPSA) is 67.8 Å². The Labute approximate surface area is 189 Å². The maximum absolute atomic E-state index is 12.9. The van der Waals surface area contributed by atoms with Gasteiger partial charge in [-0.15, -0.1) is 0 Å². The Kier molecular flexibility index (Phi) is 8.95. The van der Waals surface area contributed by atoms with Crippen molar-refractivity contribution in [2.75, 3.05) is 19.8 Å². The van der Waals surface area contributed by atoms with Gasteiger partial charge in [-0.3, -0.25) is 4.79 Å². The molecule has 2 N–H and O–H groups in total. The second-order valence-corrected chi connectivity index (χ2v) is 8.01. The van der Waals surface area contributed by atoms with Gasteiger partial charge in [0, 0.05) is 36.6 Å². The maximum atomic E-state index is 12.9. The zero-order valence-electron chi connectivity index (χ0n) is 17.8. The van der Waals surface area contributed by atoms with E-state index in [1.165, 1.54) is 0 Å². The number of ether oxygens (including phenoxy) is 2. The van der Waals surface area contributed by atoms with Crippen LogP contribution in [0.4, 0.5) is 0 Å². The first kappa shape index (κ1) is 23.3. The van der Waals surface area contributed by atoms with Gasteiger partial charge in [0.2, 0.25) is 6.29 Å². The van der Waals surface area contributed by atoms with Crippen molar-refractivity contribution in [2.45, 2.75) is 38.4 Å². The van der Waals surface area contributed by atoms with Crippen LogP contribution in [0.5, 0.6) is 0 Å². The van der Waals surface area contributed by atoms with Gasteiger partial charge in [-0.1, -0.05) is 54.1 Å². The number of rotatable bonds is 10. The maximum Gasteiger partial charge on any atom is 0.286 e. The van der Waals surface area contributed by atoms with E-state index < -0.39 is 6.29 Å². The summed E-state index contributed by atoms with van der Waals surface area (Å²) in [5.74, 6) is -0.0787. The Morgan fingerprint density at radius 2 is 1.90 bits per heavy atom. The molecular formula is C25H30ClNO4. The second kappa shape index (κ2) is 11.9. The first-order valence-corrected chi connectivity index (χ1v) is 11.2. The van der Waals surface area contributed by atoms with Crippen molar-refractivity contribution >= 4 is 17.5 Å². The fourth-order valence-electron chi connectivity index (χ4n) is 3.88. The van der Waals surface area contributed by atoms with E-state index in [2.05, 4.69) is 5.32 Å². The van der Waals surface area contributed by atoms with E-state index in [0.29, 0.717) is 31.0 Å². The Balaban J connectivity index is 1.78. The molecule has 0 saturated carbocycles. The van der Waals surface area contributed by atoms with E-state index in [0.717, 1.165) is 17.5 Å². The van der Waals surface area contributed by atoms with Crippen molar-refractivity contribution < 1.29 is 19.4 Å². The number of carbonyl (C=O) groups is 1. The third kappa shape index (κ3) is 6.57. The zero-order chi connectivity index (χ0) is 22.1. The van der Waals surface area contributed by atoms with Crippen molar-refractivity contribution in [2.24, 2.45) is 5.92 Å². The minimum atomic E-state index is -0.558. The van der Waals surface area contributed by atoms with Gasteiger partial charge < -0.3 is 19.9 Å². The van der Waals surface area contributed by atoms with E-state index in [1.807, 2.05) is 67.6 Å². The van der Waals surface area contributed by atoms with Gasteiger partial charge in [0.1, 0.15) is 0 Å². The number of hydrogen-bond donors (Lipinski definition) is 2. The second-order valence-electron chi connectivity index (χ2n) is 7.57. The number of allylic oxidation sites excluding steroid dienone is 1. The molecule has 0 aromatic heterocycles. The molecule has 0 saturated heterocycles. The number of carbonyl (C=O) groups excluding carboxylic acids is 1. The number of aliphatic hydroxyl groups is 1. The Morgan fingerprint density at radius 1 is 1.16 bits per heavy atom. The van der Waals surface area contributed by atoms with E-state index in [4.69, 9.17) is 21.1 Å². The van der Waals surface area contributed by atoms with Crippen LogP contribution >= 0.6 is 11.6 Å². The molecule has 0 radical (unpaired) electrons.